The first-order valence-corrected chi connectivity index (χ1v) is 6.52. The summed E-state index contributed by atoms with van der Waals surface area (Å²) in [5, 5.41) is 3.28. The van der Waals surface area contributed by atoms with Crippen LogP contribution in [0.1, 0.15) is 66.7 Å². The van der Waals surface area contributed by atoms with Crippen LogP contribution in [0, 0.1) is 0 Å². The summed E-state index contributed by atoms with van der Waals surface area (Å²) in [6.45, 7) is 16.4. The van der Waals surface area contributed by atoms with Crippen LogP contribution >= 0.6 is 0 Å². The van der Waals surface area contributed by atoms with Crippen LogP contribution in [0.3, 0.4) is 0 Å². The molecule has 1 nitrogen and oxygen atoms in total. The molecule has 94 valence electrons. The lowest BCUT2D eigenvalue weighted by Gasteiger charge is -1.95. The molecule has 15 heavy (non-hydrogen) atoms. The van der Waals surface area contributed by atoms with Crippen molar-refractivity contribution in [3.63, 3.8) is 0 Å². The van der Waals surface area contributed by atoms with E-state index >= 15 is 0 Å². The van der Waals surface area contributed by atoms with E-state index in [1.807, 2.05) is 6.92 Å². The summed E-state index contributed by atoms with van der Waals surface area (Å²) in [5.41, 5.74) is 0. The number of allylic oxidation sites excluding steroid dienone is 1. The molecule has 0 saturated heterocycles. The summed E-state index contributed by atoms with van der Waals surface area (Å²) >= 11 is 0. The quantitative estimate of drug-likeness (QED) is 0.496. The van der Waals surface area contributed by atoms with E-state index in [4.69, 9.17) is 0 Å². The maximum atomic E-state index is 3.36. The Morgan fingerprint density at radius 2 is 1.20 bits per heavy atom. The van der Waals surface area contributed by atoms with Crippen molar-refractivity contribution in [2.75, 3.05) is 13.1 Å². The van der Waals surface area contributed by atoms with Crippen molar-refractivity contribution in [2.45, 2.75) is 66.7 Å². The minimum Gasteiger partial charge on any atom is -0.317 e. The zero-order chi connectivity index (χ0) is 12.4. The van der Waals surface area contributed by atoms with Gasteiger partial charge in [0.15, 0.2) is 0 Å². The molecule has 0 fully saturated rings. The Hall–Kier alpha value is -0.300. The Kier molecular flexibility index (Phi) is 39.2. The first-order valence-electron chi connectivity index (χ1n) is 6.52. The third-order valence-corrected chi connectivity index (χ3v) is 1.56. The average molecular weight is 215 g/mol. The van der Waals surface area contributed by atoms with Crippen LogP contribution in [0.25, 0.3) is 0 Å². The fraction of sp³-hybridized carbons (Fsp3) is 0.857. The summed E-state index contributed by atoms with van der Waals surface area (Å²) in [5.74, 6) is 0. The molecular weight excluding hydrogens is 182 g/mol. The molecule has 1 heteroatoms. The van der Waals surface area contributed by atoms with Crippen LogP contribution in [-0.4, -0.2) is 13.1 Å². The second kappa shape index (κ2) is 29.2. The zero-order valence-electron chi connectivity index (χ0n) is 11.7. The van der Waals surface area contributed by atoms with Crippen molar-refractivity contribution < 1.29 is 0 Å². The zero-order valence-corrected chi connectivity index (χ0v) is 11.7. The summed E-state index contributed by atoms with van der Waals surface area (Å²) in [6.07, 6.45) is 8.33. The fourth-order valence-corrected chi connectivity index (χ4v) is 0.832. The number of rotatable bonds is 6. The topological polar surface area (TPSA) is 12.0 Å². The first kappa shape index (κ1) is 20.2. The third kappa shape index (κ3) is 57.7. The summed E-state index contributed by atoms with van der Waals surface area (Å²) < 4.78 is 0. The smallest absolute Gasteiger partial charge is 0.00516 e. The van der Waals surface area contributed by atoms with Gasteiger partial charge in [0.25, 0.3) is 0 Å². The van der Waals surface area contributed by atoms with E-state index < -0.39 is 0 Å². The Balaban J connectivity index is -0.000000158. The lowest BCUT2D eigenvalue weighted by atomic mass is 10.3. The van der Waals surface area contributed by atoms with Crippen LogP contribution in [0.15, 0.2) is 12.7 Å². The SMILES string of the molecule is C=CC.CCCCC.CCCNCCC. The van der Waals surface area contributed by atoms with Gasteiger partial charge in [0.05, 0.1) is 0 Å². The van der Waals surface area contributed by atoms with Crippen LogP contribution in [0.4, 0.5) is 0 Å². The monoisotopic (exact) mass is 215 g/mol. The van der Waals surface area contributed by atoms with Gasteiger partial charge in [-0.2, -0.15) is 0 Å². The highest BCUT2D eigenvalue weighted by Crippen LogP contribution is 1.88. The molecule has 0 spiro atoms. The molecule has 0 aromatic heterocycles. The van der Waals surface area contributed by atoms with Crippen molar-refractivity contribution in [1.82, 2.24) is 5.32 Å². The molecule has 0 aromatic carbocycles. The van der Waals surface area contributed by atoms with Crippen LogP contribution in [-0.2, 0) is 0 Å². The first-order chi connectivity index (χ1) is 7.24. The molecule has 0 aliphatic rings. The molecule has 0 heterocycles. The Labute approximate surface area is 98.4 Å². The molecule has 1 N–H and O–H groups in total. The minimum atomic E-state index is 1.17. The van der Waals surface area contributed by atoms with Gasteiger partial charge in [-0.15, -0.1) is 6.58 Å². The van der Waals surface area contributed by atoms with Crippen molar-refractivity contribution in [3.8, 4) is 0 Å². The highest BCUT2D eigenvalue weighted by Gasteiger charge is 1.76. The number of nitrogens with one attached hydrogen (secondary N) is 1. The van der Waals surface area contributed by atoms with Gasteiger partial charge in [-0.25, -0.2) is 0 Å². The van der Waals surface area contributed by atoms with Gasteiger partial charge in [-0.1, -0.05) is 53.0 Å². The van der Waals surface area contributed by atoms with E-state index in [9.17, 15) is 0 Å². The lowest BCUT2D eigenvalue weighted by Crippen LogP contribution is -2.14. The minimum absolute atomic E-state index is 1.17. The fourth-order valence-electron chi connectivity index (χ4n) is 0.832. The van der Waals surface area contributed by atoms with E-state index in [0.29, 0.717) is 0 Å². The van der Waals surface area contributed by atoms with Crippen molar-refractivity contribution >= 4 is 0 Å². The number of unbranched alkanes of at least 4 members (excludes halogenated alkanes) is 2. The normalized spacial score (nSPS) is 8.07. The predicted octanol–water partition coefficient (Wildman–Crippen LogP) is 4.78. The molecule has 0 rings (SSSR count). The van der Waals surface area contributed by atoms with Gasteiger partial charge >= 0.3 is 0 Å². The molecule has 0 atom stereocenters. The molecular formula is C14H33N. The number of hydrogen-bond acceptors (Lipinski definition) is 1. The van der Waals surface area contributed by atoms with E-state index in [2.05, 4.69) is 39.6 Å². The summed E-state index contributed by atoms with van der Waals surface area (Å²) in [4.78, 5) is 0. The highest BCUT2D eigenvalue weighted by molar-refractivity contribution is 4.51. The average Bonchev–Trinajstić information content (AvgIpc) is 2.22. The van der Waals surface area contributed by atoms with Crippen molar-refractivity contribution in [2.24, 2.45) is 0 Å². The molecule has 0 amide bonds. The van der Waals surface area contributed by atoms with Crippen molar-refractivity contribution in [1.29, 1.82) is 0 Å². The summed E-state index contributed by atoms with van der Waals surface area (Å²) in [7, 11) is 0. The Bertz CT molecular complexity index is 73.4. The Morgan fingerprint density at radius 3 is 1.33 bits per heavy atom. The highest BCUT2D eigenvalue weighted by atomic mass is 14.8. The van der Waals surface area contributed by atoms with Crippen LogP contribution < -0.4 is 5.32 Å². The van der Waals surface area contributed by atoms with Crippen molar-refractivity contribution in [3.05, 3.63) is 12.7 Å². The van der Waals surface area contributed by atoms with Gasteiger partial charge in [-0.3, -0.25) is 0 Å². The van der Waals surface area contributed by atoms with E-state index in [1.54, 1.807) is 6.08 Å². The van der Waals surface area contributed by atoms with Gasteiger partial charge in [0, 0.05) is 0 Å². The lowest BCUT2D eigenvalue weighted by molar-refractivity contribution is 0.662. The predicted molar refractivity (Wildman–Crippen MR) is 74.5 cm³/mol. The standard InChI is InChI=1S/C6H15N.C5H12.C3H6/c1-3-5-7-6-4-2;1-3-5-4-2;1-3-2/h7H,3-6H2,1-2H3;3-5H2,1-2H3;3H,1H2,2H3. The molecule has 0 aliphatic carbocycles. The molecule has 0 aromatic rings. The maximum Gasteiger partial charge on any atom is -0.00516 e. The third-order valence-electron chi connectivity index (χ3n) is 1.56. The van der Waals surface area contributed by atoms with Crippen LogP contribution in [0.5, 0.6) is 0 Å². The molecule has 0 saturated carbocycles. The largest absolute Gasteiger partial charge is 0.317 e. The molecule has 0 unspecified atom stereocenters. The van der Waals surface area contributed by atoms with Gasteiger partial charge in [0.2, 0.25) is 0 Å². The van der Waals surface area contributed by atoms with Gasteiger partial charge < -0.3 is 5.32 Å². The number of hydrogen-bond donors (Lipinski definition) is 1. The van der Waals surface area contributed by atoms with E-state index in [1.165, 1.54) is 45.2 Å². The maximum absolute atomic E-state index is 3.36. The van der Waals surface area contributed by atoms with Crippen LogP contribution in [0.2, 0.25) is 0 Å². The summed E-state index contributed by atoms with van der Waals surface area (Å²) in [6, 6.07) is 0. The molecule has 0 bridgehead atoms. The molecule has 0 radical (unpaired) electrons. The second-order valence-electron chi connectivity index (χ2n) is 3.51. The second-order valence-corrected chi connectivity index (χ2v) is 3.51. The van der Waals surface area contributed by atoms with E-state index in [-0.39, 0.29) is 0 Å². The van der Waals surface area contributed by atoms with Gasteiger partial charge in [0.1, 0.15) is 0 Å². The Morgan fingerprint density at radius 1 is 0.867 bits per heavy atom. The van der Waals surface area contributed by atoms with E-state index in [0.717, 1.165) is 0 Å². The van der Waals surface area contributed by atoms with Gasteiger partial charge in [-0.05, 0) is 32.9 Å². The molecule has 0 aliphatic heterocycles.